The average molecular weight is 457 g/mol. The van der Waals surface area contributed by atoms with Gasteiger partial charge in [0.1, 0.15) is 5.82 Å². The highest BCUT2D eigenvalue weighted by atomic mass is 127. The van der Waals surface area contributed by atoms with E-state index in [1.165, 1.54) is 14.2 Å². The maximum atomic E-state index is 12.1. The summed E-state index contributed by atoms with van der Waals surface area (Å²) >= 11 is 2.12. The van der Waals surface area contributed by atoms with Gasteiger partial charge in [0, 0.05) is 10.1 Å². The van der Waals surface area contributed by atoms with Gasteiger partial charge in [-0.1, -0.05) is 0 Å². The average Bonchev–Trinajstić information content (AvgIpc) is 2.58. The van der Waals surface area contributed by atoms with Crippen LogP contribution in [0.5, 0.6) is 6.01 Å². The Kier molecular flexibility index (Phi) is 6.44. The number of amides is 2. The molecule has 10 heteroatoms. The van der Waals surface area contributed by atoms with E-state index in [2.05, 4.69) is 48.2 Å². The molecule has 1 heterocycles. The molecule has 0 spiro atoms. The molecule has 2 rings (SSSR count). The van der Waals surface area contributed by atoms with Crippen molar-refractivity contribution in [3.05, 3.63) is 38.7 Å². The number of methoxy groups -OCH3 is 2. The van der Waals surface area contributed by atoms with Crippen LogP contribution in [0.4, 0.5) is 10.7 Å². The van der Waals surface area contributed by atoms with Gasteiger partial charge in [-0.15, -0.1) is 0 Å². The van der Waals surface area contributed by atoms with Crippen molar-refractivity contribution in [1.29, 1.82) is 0 Å². The predicted octanol–water partition coefficient (Wildman–Crippen LogP) is 1.90. The van der Waals surface area contributed by atoms with E-state index < -0.39 is 12.0 Å². The zero-order valence-corrected chi connectivity index (χ0v) is 15.9. The van der Waals surface area contributed by atoms with Crippen molar-refractivity contribution in [3.8, 4) is 6.01 Å². The largest absolute Gasteiger partial charge is 0.467 e. The van der Waals surface area contributed by atoms with Crippen LogP contribution < -0.4 is 15.4 Å². The highest BCUT2D eigenvalue weighted by Crippen LogP contribution is 2.15. The van der Waals surface area contributed by atoms with Crippen molar-refractivity contribution >= 4 is 40.5 Å². The van der Waals surface area contributed by atoms with Gasteiger partial charge < -0.3 is 14.8 Å². The summed E-state index contributed by atoms with van der Waals surface area (Å²) in [6.45, 7) is 1.79. The number of anilines is 1. The van der Waals surface area contributed by atoms with E-state index in [0.717, 1.165) is 3.57 Å². The van der Waals surface area contributed by atoms with Crippen molar-refractivity contribution in [1.82, 2.24) is 20.3 Å². The number of hydrogen-bond donors (Lipinski definition) is 2. The van der Waals surface area contributed by atoms with E-state index in [1.807, 2.05) is 0 Å². The van der Waals surface area contributed by atoms with Gasteiger partial charge in [0.05, 0.1) is 19.8 Å². The fourth-order valence-electron chi connectivity index (χ4n) is 1.94. The molecule has 1 aromatic heterocycles. The molecule has 2 amide bonds. The maximum absolute atomic E-state index is 12.1. The lowest BCUT2D eigenvalue weighted by molar-refractivity contribution is 0.0599. The molecule has 0 aliphatic rings. The number of carbonyl (C=O) groups is 2. The Morgan fingerprint density at radius 2 is 1.96 bits per heavy atom. The van der Waals surface area contributed by atoms with Crippen LogP contribution in [0.1, 0.15) is 21.7 Å². The number of nitrogens with one attached hydrogen (secondary N) is 2. The van der Waals surface area contributed by atoms with Crippen LogP contribution >= 0.6 is 22.6 Å². The first kappa shape index (κ1) is 18.8. The SMILES string of the molecule is COC(=O)c1ccc(I)cc1CNC(=O)Nc1nc(C)nc(OC)n1. The van der Waals surface area contributed by atoms with Gasteiger partial charge in [-0.05, 0) is 53.3 Å². The Labute approximate surface area is 157 Å². The number of aryl methyl sites for hydroxylation is 1. The molecular formula is C15H16IN5O4. The molecule has 0 saturated carbocycles. The second-order valence-electron chi connectivity index (χ2n) is 4.79. The lowest BCUT2D eigenvalue weighted by Gasteiger charge is -2.11. The second-order valence-corrected chi connectivity index (χ2v) is 6.04. The molecule has 132 valence electrons. The molecule has 2 N–H and O–H groups in total. The Morgan fingerprint density at radius 3 is 2.64 bits per heavy atom. The van der Waals surface area contributed by atoms with Gasteiger partial charge in [-0.3, -0.25) is 5.32 Å². The molecular weight excluding hydrogens is 441 g/mol. The normalized spacial score (nSPS) is 10.1. The van der Waals surface area contributed by atoms with E-state index in [4.69, 9.17) is 9.47 Å². The Bertz CT molecular complexity index is 799. The third-order valence-electron chi connectivity index (χ3n) is 3.05. The number of benzene rings is 1. The minimum atomic E-state index is -0.526. The van der Waals surface area contributed by atoms with E-state index in [1.54, 1.807) is 25.1 Å². The summed E-state index contributed by atoms with van der Waals surface area (Å²) in [6.07, 6.45) is 0. The zero-order chi connectivity index (χ0) is 18.4. The van der Waals surface area contributed by atoms with Gasteiger partial charge in [0.2, 0.25) is 5.95 Å². The van der Waals surface area contributed by atoms with Crippen LogP contribution in [0.3, 0.4) is 0 Å². The second kappa shape index (κ2) is 8.55. The number of aromatic nitrogens is 3. The molecule has 2 aromatic rings. The van der Waals surface area contributed by atoms with Crippen molar-refractivity contribution in [3.63, 3.8) is 0 Å². The lowest BCUT2D eigenvalue weighted by Crippen LogP contribution is -2.30. The zero-order valence-electron chi connectivity index (χ0n) is 13.8. The minimum absolute atomic E-state index is 0.0673. The maximum Gasteiger partial charge on any atom is 0.338 e. The fourth-order valence-corrected chi connectivity index (χ4v) is 2.50. The third-order valence-corrected chi connectivity index (χ3v) is 3.72. The molecule has 0 saturated heterocycles. The van der Waals surface area contributed by atoms with Crippen LogP contribution in [0.15, 0.2) is 18.2 Å². The summed E-state index contributed by atoms with van der Waals surface area (Å²) in [4.78, 5) is 35.7. The van der Waals surface area contributed by atoms with Crippen LogP contribution in [0.2, 0.25) is 0 Å². The van der Waals surface area contributed by atoms with Crippen LogP contribution in [-0.2, 0) is 11.3 Å². The summed E-state index contributed by atoms with van der Waals surface area (Å²) in [6, 6.07) is 4.82. The molecule has 1 aromatic carbocycles. The molecule has 0 fully saturated rings. The smallest absolute Gasteiger partial charge is 0.338 e. The summed E-state index contributed by atoms with van der Waals surface area (Å²) < 4.78 is 10.6. The number of ether oxygens (including phenoxy) is 2. The number of nitrogens with zero attached hydrogens (tertiary/aromatic N) is 3. The first-order valence-corrected chi connectivity index (χ1v) is 8.19. The van der Waals surface area contributed by atoms with Gasteiger partial charge in [-0.2, -0.15) is 15.0 Å². The summed E-state index contributed by atoms with van der Waals surface area (Å²) in [5.74, 6) is 0.0110. The molecule has 0 unspecified atom stereocenters. The minimum Gasteiger partial charge on any atom is -0.467 e. The van der Waals surface area contributed by atoms with Gasteiger partial charge in [0.25, 0.3) is 0 Å². The van der Waals surface area contributed by atoms with E-state index in [0.29, 0.717) is 17.0 Å². The number of hydrogen-bond acceptors (Lipinski definition) is 7. The molecule has 0 radical (unpaired) electrons. The highest BCUT2D eigenvalue weighted by molar-refractivity contribution is 14.1. The Morgan fingerprint density at radius 1 is 1.20 bits per heavy atom. The van der Waals surface area contributed by atoms with E-state index >= 15 is 0 Å². The molecule has 9 nitrogen and oxygen atoms in total. The first-order chi connectivity index (χ1) is 11.9. The highest BCUT2D eigenvalue weighted by Gasteiger charge is 2.14. The first-order valence-electron chi connectivity index (χ1n) is 7.11. The third kappa shape index (κ3) is 5.24. The molecule has 0 atom stereocenters. The van der Waals surface area contributed by atoms with Crippen molar-refractivity contribution in [2.75, 3.05) is 19.5 Å². The van der Waals surface area contributed by atoms with Gasteiger partial charge in [0.15, 0.2) is 0 Å². The van der Waals surface area contributed by atoms with Crippen LogP contribution in [0, 0.1) is 10.5 Å². The molecule has 0 bridgehead atoms. The Balaban J connectivity index is 2.06. The van der Waals surface area contributed by atoms with E-state index in [9.17, 15) is 9.59 Å². The van der Waals surface area contributed by atoms with Gasteiger partial charge in [-0.25, -0.2) is 9.59 Å². The topological polar surface area (TPSA) is 115 Å². The fraction of sp³-hybridized carbons (Fsp3) is 0.267. The molecule has 25 heavy (non-hydrogen) atoms. The van der Waals surface area contributed by atoms with Crippen molar-refractivity contribution in [2.24, 2.45) is 0 Å². The lowest BCUT2D eigenvalue weighted by atomic mass is 10.1. The van der Waals surface area contributed by atoms with Crippen LogP contribution in [-0.4, -0.2) is 41.2 Å². The van der Waals surface area contributed by atoms with Crippen molar-refractivity contribution in [2.45, 2.75) is 13.5 Å². The quantitative estimate of drug-likeness (QED) is 0.521. The monoisotopic (exact) mass is 457 g/mol. The summed E-state index contributed by atoms with van der Waals surface area (Å²) in [5, 5.41) is 5.14. The van der Waals surface area contributed by atoms with Gasteiger partial charge >= 0.3 is 18.0 Å². The number of halogens is 1. The predicted molar refractivity (Wildman–Crippen MR) is 97.5 cm³/mol. The molecule has 0 aliphatic carbocycles. The summed E-state index contributed by atoms with van der Waals surface area (Å²) in [5.41, 5.74) is 1.03. The van der Waals surface area contributed by atoms with E-state index in [-0.39, 0.29) is 18.5 Å². The standard InChI is InChI=1S/C15H16IN5O4/c1-8-18-13(21-15(19-8)25-3)20-14(23)17-7-9-6-10(16)4-5-11(9)12(22)24-2/h4-6H,7H2,1-3H3,(H2,17,18,19,20,21,23). The number of urea groups is 1. The van der Waals surface area contributed by atoms with Crippen LogP contribution in [0.25, 0.3) is 0 Å². The van der Waals surface area contributed by atoms with Crippen molar-refractivity contribution < 1.29 is 19.1 Å². The molecule has 0 aliphatic heterocycles. The number of rotatable bonds is 5. The number of esters is 1. The summed E-state index contributed by atoms with van der Waals surface area (Å²) in [7, 11) is 2.73. The number of carbonyl (C=O) groups excluding carboxylic acids is 2. The Hall–Kier alpha value is -2.50.